The van der Waals surface area contributed by atoms with Crippen LogP contribution in [0.1, 0.15) is 45.7 Å². The van der Waals surface area contributed by atoms with Crippen molar-refractivity contribution in [2.45, 2.75) is 46.2 Å². The van der Waals surface area contributed by atoms with Gasteiger partial charge in [0.2, 0.25) is 0 Å². The maximum atomic E-state index is 13.2. The molecule has 1 aromatic carbocycles. The van der Waals surface area contributed by atoms with Crippen molar-refractivity contribution < 1.29 is 13.9 Å². The predicted octanol–water partition coefficient (Wildman–Crippen LogP) is 3.41. The lowest BCUT2D eigenvalue weighted by atomic mass is 9.84. The third kappa shape index (κ3) is 4.55. The number of hydrogen-bond donors (Lipinski definition) is 2. The van der Waals surface area contributed by atoms with Gasteiger partial charge in [-0.05, 0) is 36.5 Å². The number of aliphatic hydroxyl groups excluding tert-OH is 1. The second kappa shape index (κ2) is 6.44. The van der Waals surface area contributed by atoms with E-state index in [1.54, 1.807) is 6.07 Å². The van der Waals surface area contributed by atoms with Crippen LogP contribution in [-0.2, 0) is 0 Å². The van der Waals surface area contributed by atoms with Gasteiger partial charge in [-0.2, -0.15) is 0 Å². The van der Waals surface area contributed by atoms with Crippen LogP contribution in [0.3, 0.4) is 0 Å². The molecule has 0 radical (unpaired) electrons. The van der Waals surface area contributed by atoms with Crippen molar-refractivity contribution in [3.05, 3.63) is 35.4 Å². The summed E-state index contributed by atoms with van der Waals surface area (Å²) in [5.41, 5.74) is 0.682. The molecule has 19 heavy (non-hydrogen) atoms. The molecule has 2 N–H and O–H groups in total. The minimum Gasteiger partial charge on any atom is -0.396 e. The zero-order chi connectivity index (χ0) is 14.6. The molecular formula is C15H23F2NO. The largest absolute Gasteiger partial charge is 0.396 e. The van der Waals surface area contributed by atoms with E-state index in [0.29, 0.717) is 12.0 Å². The van der Waals surface area contributed by atoms with Crippen LogP contribution in [0.4, 0.5) is 8.78 Å². The molecule has 0 aliphatic heterocycles. The number of hydrogen-bond acceptors (Lipinski definition) is 2. The van der Waals surface area contributed by atoms with E-state index in [2.05, 4.69) is 26.1 Å². The molecule has 1 rings (SSSR count). The lowest BCUT2D eigenvalue weighted by Crippen LogP contribution is -2.42. The molecule has 0 saturated heterocycles. The quantitative estimate of drug-likeness (QED) is 0.860. The number of rotatable bonds is 5. The first-order valence-electron chi connectivity index (χ1n) is 6.57. The van der Waals surface area contributed by atoms with E-state index in [9.17, 15) is 8.78 Å². The Labute approximate surface area is 113 Å². The highest BCUT2D eigenvalue weighted by atomic mass is 19.2. The first-order chi connectivity index (χ1) is 8.75. The molecule has 108 valence electrons. The normalized spacial score (nSPS) is 15.3. The zero-order valence-corrected chi connectivity index (χ0v) is 12.0. The smallest absolute Gasteiger partial charge is 0.159 e. The average Bonchev–Trinajstić information content (AvgIpc) is 2.30. The van der Waals surface area contributed by atoms with Crippen LogP contribution in [0.25, 0.3) is 0 Å². The highest BCUT2D eigenvalue weighted by Crippen LogP contribution is 2.25. The summed E-state index contributed by atoms with van der Waals surface area (Å²) in [6, 6.07) is 3.92. The van der Waals surface area contributed by atoms with Crippen LogP contribution < -0.4 is 5.32 Å². The van der Waals surface area contributed by atoms with E-state index in [-0.39, 0.29) is 24.1 Å². The summed E-state index contributed by atoms with van der Waals surface area (Å²) in [4.78, 5) is 0. The van der Waals surface area contributed by atoms with Gasteiger partial charge in [0.05, 0.1) is 0 Å². The van der Waals surface area contributed by atoms with Crippen LogP contribution in [-0.4, -0.2) is 17.8 Å². The van der Waals surface area contributed by atoms with Gasteiger partial charge in [-0.3, -0.25) is 0 Å². The summed E-state index contributed by atoms with van der Waals surface area (Å²) in [6.07, 6.45) is 0.623. The van der Waals surface area contributed by atoms with Gasteiger partial charge in [0.1, 0.15) is 0 Å². The number of aliphatic hydroxyl groups is 1. The zero-order valence-electron chi connectivity index (χ0n) is 12.0. The van der Waals surface area contributed by atoms with Crippen LogP contribution in [0.2, 0.25) is 0 Å². The third-order valence-electron chi connectivity index (χ3n) is 3.36. The maximum absolute atomic E-state index is 13.2. The molecule has 0 bridgehead atoms. The molecule has 0 amide bonds. The Bertz CT molecular complexity index is 415. The highest BCUT2D eigenvalue weighted by molar-refractivity contribution is 5.21. The molecule has 1 aromatic rings. The first-order valence-corrected chi connectivity index (χ1v) is 6.57. The van der Waals surface area contributed by atoms with Gasteiger partial charge >= 0.3 is 0 Å². The third-order valence-corrected chi connectivity index (χ3v) is 3.36. The van der Waals surface area contributed by atoms with Crippen molar-refractivity contribution in [1.82, 2.24) is 5.32 Å². The minimum absolute atomic E-state index is 0.0183. The van der Waals surface area contributed by atoms with E-state index in [4.69, 9.17) is 5.11 Å². The first kappa shape index (κ1) is 16.1. The van der Waals surface area contributed by atoms with Crippen molar-refractivity contribution in [3.63, 3.8) is 0 Å². The summed E-state index contributed by atoms with van der Waals surface area (Å²) in [5, 5.41) is 12.5. The van der Waals surface area contributed by atoms with E-state index >= 15 is 0 Å². The lowest BCUT2D eigenvalue weighted by molar-refractivity contribution is 0.188. The SMILES string of the molecule is CC(NC(CCO)C(C)(C)C)c1ccc(F)c(F)c1. The molecule has 0 aliphatic carbocycles. The van der Waals surface area contributed by atoms with E-state index in [1.807, 2.05) is 6.92 Å². The molecule has 4 heteroatoms. The van der Waals surface area contributed by atoms with Crippen molar-refractivity contribution in [1.29, 1.82) is 0 Å². The summed E-state index contributed by atoms with van der Waals surface area (Å²) in [5.74, 6) is -1.67. The van der Waals surface area contributed by atoms with Gasteiger partial charge in [0.25, 0.3) is 0 Å². The Morgan fingerprint density at radius 2 is 1.84 bits per heavy atom. The number of halogens is 2. The fourth-order valence-corrected chi connectivity index (χ4v) is 2.08. The van der Waals surface area contributed by atoms with Gasteiger partial charge in [-0.15, -0.1) is 0 Å². The topological polar surface area (TPSA) is 32.3 Å². The van der Waals surface area contributed by atoms with Gasteiger partial charge in [-0.1, -0.05) is 26.8 Å². The summed E-state index contributed by atoms with van der Waals surface area (Å²) in [6.45, 7) is 8.25. The molecule has 2 atom stereocenters. The molecule has 0 aliphatic rings. The fraction of sp³-hybridized carbons (Fsp3) is 0.600. The van der Waals surface area contributed by atoms with Crippen LogP contribution in [0, 0.1) is 17.0 Å². The van der Waals surface area contributed by atoms with Crippen molar-refractivity contribution in [2.24, 2.45) is 5.41 Å². The Morgan fingerprint density at radius 1 is 1.21 bits per heavy atom. The van der Waals surface area contributed by atoms with Crippen molar-refractivity contribution in [3.8, 4) is 0 Å². The average molecular weight is 271 g/mol. The fourth-order valence-electron chi connectivity index (χ4n) is 2.08. The van der Waals surface area contributed by atoms with Crippen LogP contribution >= 0.6 is 0 Å². The standard InChI is InChI=1S/C15H23F2NO/c1-10(11-5-6-12(16)13(17)9-11)18-14(7-8-19)15(2,3)4/h5-6,9-10,14,18-19H,7-8H2,1-4H3. The van der Waals surface area contributed by atoms with Gasteiger partial charge in [-0.25, -0.2) is 8.78 Å². The lowest BCUT2D eigenvalue weighted by Gasteiger charge is -2.34. The van der Waals surface area contributed by atoms with Gasteiger partial charge in [0.15, 0.2) is 11.6 Å². The molecule has 0 heterocycles. The molecule has 0 fully saturated rings. The number of benzene rings is 1. The van der Waals surface area contributed by atoms with Crippen molar-refractivity contribution in [2.75, 3.05) is 6.61 Å². The van der Waals surface area contributed by atoms with Gasteiger partial charge in [0, 0.05) is 18.7 Å². The van der Waals surface area contributed by atoms with Crippen LogP contribution in [0.5, 0.6) is 0 Å². The van der Waals surface area contributed by atoms with E-state index in [1.165, 1.54) is 6.07 Å². The molecular weight excluding hydrogens is 248 g/mol. The van der Waals surface area contributed by atoms with Crippen molar-refractivity contribution >= 4 is 0 Å². The second-order valence-electron chi connectivity index (χ2n) is 5.99. The minimum atomic E-state index is -0.835. The Hall–Kier alpha value is -1.00. The molecule has 0 aromatic heterocycles. The molecule has 2 unspecified atom stereocenters. The van der Waals surface area contributed by atoms with Gasteiger partial charge < -0.3 is 10.4 Å². The molecule has 0 spiro atoms. The Balaban J connectivity index is 2.81. The molecule has 2 nitrogen and oxygen atoms in total. The monoisotopic (exact) mass is 271 g/mol. The van der Waals surface area contributed by atoms with E-state index in [0.717, 1.165) is 6.07 Å². The predicted molar refractivity (Wildman–Crippen MR) is 72.9 cm³/mol. The number of nitrogens with one attached hydrogen (secondary N) is 1. The Morgan fingerprint density at radius 3 is 2.32 bits per heavy atom. The summed E-state index contributed by atoms with van der Waals surface area (Å²) in [7, 11) is 0. The maximum Gasteiger partial charge on any atom is 0.159 e. The van der Waals surface area contributed by atoms with E-state index < -0.39 is 11.6 Å². The van der Waals surface area contributed by atoms with Crippen LogP contribution in [0.15, 0.2) is 18.2 Å². The second-order valence-corrected chi connectivity index (χ2v) is 5.99. The molecule has 0 saturated carbocycles. The summed E-state index contributed by atoms with van der Waals surface area (Å²) >= 11 is 0. The summed E-state index contributed by atoms with van der Waals surface area (Å²) < 4.78 is 26.1. The Kier molecular flexibility index (Phi) is 5.44. The highest BCUT2D eigenvalue weighted by Gasteiger charge is 2.25.